The Morgan fingerprint density at radius 3 is 3.06 bits per heavy atom. The van der Waals surface area contributed by atoms with Crippen molar-refractivity contribution in [3.63, 3.8) is 0 Å². The molecule has 0 aliphatic carbocycles. The number of benzene rings is 1. The van der Waals surface area contributed by atoms with E-state index in [-0.39, 0.29) is 11.6 Å². The smallest absolute Gasteiger partial charge is 0.233 e. The van der Waals surface area contributed by atoms with Crippen LogP contribution < -0.4 is 0 Å². The molecule has 1 aromatic rings. The minimum Gasteiger partial charge on any atom is -0.276 e. The summed E-state index contributed by atoms with van der Waals surface area (Å²) in [7, 11) is 0. The fourth-order valence-electron chi connectivity index (χ4n) is 1.91. The number of hydroxylamine groups is 2. The predicted molar refractivity (Wildman–Crippen MR) is 57.1 cm³/mol. The van der Waals surface area contributed by atoms with Crippen molar-refractivity contribution < 1.29 is 14.0 Å². The van der Waals surface area contributed by atoms with E-state index in [1.54, 1.807) is 13.0 Å². The second-order valence-corrected chi connectivity index (χ2v) is 3.89. The molecule has 1 saturated heterocycles. The molecule has 1 aliphatic rings. The highest BCUT2D eigenvalue weighted by Gasteiger charge is 2.27. The topological polar surface area (TPSA) is 53.3 Å². The first-order chi connectivity index (χ1) is 8.17. The van der Waals surface area contributed by atoms with E-state index in [4.69, 9.17) is 10.1 Å². The van der Waals surface area contributed by atoms with E-state index in [0.29, 0.717) is 30.6 Å². The third-order valence-corrected chi connectivity index (χ3v) is 2.91. The van der Waals surface area contributed by atoms with Gasteiger partial charge in [-0.2, -0.15) is 5.26 Å². The Labute approximate surface area is 98.2 Å². The Morgan fingerprint density at radius 2 is 2.41 bits per heavy atom. The standard InChI is InChI=1S/C12H11FN2O2/c1-8-10(6-14)4-9(5-11(8)13)12-2-3-17-15(12)7-16/h4-5,7,12H,2-3H2,1H3. The molecule has 2 rings (SSSR count). The number of carbonyl (C=O) groups is 1. The van der Waals surface area contributed by atoms with E-state index in [1.165, 1.54) is 6.07 Å². The number of hydrogen-bond donors (Lipinski definition) is 0. The summed E-state index contributed by atoms with van der Waals surface area (Å²) in [4.78, 5) is 15.8. The number of nitrogens with zero attached hydrogens (tertiary/aromatic N) is 2. The van der Waals surface area contributed by atoms with E-state index in [9.17, 15) is 9.18 Å². The van der Waals surface area contributed by atoms with Gasteiger partial charge in [0.1, 0.15) is 5.82 Å². The highest BCUT2D eigenvalue weighted by Crippen LogP contribution is 2.30. The van der Waals surface area contributed by atoms with Crippen LogP contribution in [0.2, 0.25) is 0 Å². The Bertz CT molecular complexity index is 496. The lowest BCUT2D eigenvalue weighted by atomic mass is 9.99. The molecular formula is C12H11FN2O2. The molecule has 1 atom stereocenters. The molecule has 0 N–H and O–H groups in total. The minimum absolute atomic E-state index is 0.290. The zero-order valence-corrected chi connectivity index (χ0v) is 9.31. The largest absolute Gasteiger partial charge is 0.276 e. The van der Waals surface area contributed by atoms with Crippen molar-refractivity contribution in [2.24, 2.45) is 0 Å². The molecule has 1 aromatic carbocycles. The molecule has 1 aliphatic heterocycles. The maximum atomic E-state index is 13.6. The van der Waals surface area contributed by atoms with Crippen LogP contribution in [0.3, 0.4) is 0 Å². The number of nitriles is 1. The van der Waals surface area contributed by atoms with Crippen LogP contribution in [0.1, 0.15) is 29.2 Å². The molecule has 0 saturated carbocycles. The van der Waals surface area contributed by atoms with Crippen LogP contribution in [0.5, 0.6) is 0 Å². The summed E-state index contributed by atoms with van der Waals surface area (Å²) in [6.07, 6.45) is 1.17. The van der Waals surface area contributed by atoms with Gasteiger partial charge >= 0.3 is 0 Å². The Morgan fingerprint density at radius 1 is 1.65 bits per heavy atom. The van der Waals surface area contributed by atoms with E-state index in [1.807, 2.05) is 6.07 Å². The molecule has 1 fully saturated rings. The summed E-state index contributed by atoms with van der Waals surface area (Å²) in [5, 5.41) is 10.1. The molecule has 1 unspecified atom stereocenters. The quantitative estimate of drug-likeness (QED) is 0.734. The van der Waals surface area contributed by atoms with Crippen LogP contribution in [-0.2, 0) is 9.63 Å². The number of halogens is 1. The van der Waals surface area contributed by atoms with Crippen molar-refractivity contribution in [2.45, 2.75) is 19.4 Å². The molecule has 5 heteroatoms. The Balaban J connectivity index is 2.43. The van der Waals surface area contributed by atoms with Crippen molar-refractivity contribution in [1.29, 1.82) is 5.26 Å². The van der Waals surface area contributed by atoms with Gasteiger partial charge in [0.25, 0.3) is 0 Å². The fraction of sp³-hybridized carbons (Fsp3) is 0.333. The molecule has 0 radical (unpaired) electrons. The van der Waals surface area contributed by atoms with Crippen LogP contribution in [-0.4, -0.2) is 18.1 Å². The van der Waals surface area contributed by atoms with Crippen LogP contribution in [0.25, 0.3) is 0 Å². The molecule has 0 bridgehead atoms. The van der Waals surface area contributed by atoms with Gasteiger partial charge in [-0.3, -0.25) is 9.63 Å². The summed E-state index contributed by atoms with van der Waals surface area (Å²) in [5.41, 5.74) is 1.21. The van der Waals surface area contributed by atoms with E-state index < -0.39 is 5.82 Å². The van der Waals surface area contributed by atoms with Crippen molar-refractivity contribution in [2.75, 3.05) is 6.61 Å². The zero-order chi connectivity index (χ0) is 12.4. The molecule has 0 aromatic heterocycles. The molecule has 0 spiro atoms. The molecule has 1 amide bonds. The second kappa shape index (κ2) is 4.52. The van der Waals surface area contributed by atoms with Gasteiger partial charge < -0.3 is 0 Å². The Kier molecular flexibility index (Phi) is 3.07. The van der Waals surface area contributed by atoms with Gasteiger partial charge in [0.2, 0.25) is 6.41 Å². The number of amides is 1. The maximum Gasteiger partial charge on any atom is 0.233 e. The Hall–Kier alpha value is -1.93. The van der Waals surface area contributed by atoms with Gasteiger partial charge in [-0.05, 0) is 24.6 Å². The van der Waals surface area contributed by atoms with Crippen LogP contribution in [0.15, 0.2) is 12.1 Å². The molecule has 17 heavy (non-hydrogen) atoms. The monoisotopic (exact) mass is 234 g/mol. The van der Waals surface area contributed by atoms with Crippen LogP contribution in [0, 0.1) is 24.1 Å². The maximum absolute atomic E-state index is 13.6. The number of hydrogen-bond acceptors (Lipinski definition) is 3. The number of carbonyl (C=O) groups excluding carboxylic acids is 1. The van der Waals surface area contributed by atoms with Gasteiger partial charge in [-0.1, -0.05) is 0 Å². The van der Waals surface area contributed by atoms with Crippen LogP contribution >= 0.6 is 0 Å². The van der Waals surface area contributed by atoms with Gasteiger partial charge in [-0.15, -0.1) is 0 Å². The highest BCUT2D eigenvalue weighted by atomic mass is 19.1. The summed E-state index contributed by atoms with van der Waals surface area (Å²) in [6, 6.07) is 4.59. The first-order valence-corrected chi connectivity index (χ1v) is 5.24. The summed E-state index contributed by atoms with van der Waals surface area (Å²) in [5.74, 6) is -0.434. The fourth-order valence-corrected chi connectivity index (χ4v) is 1.91. The third kappa shape index (κ3) is 1.99. The SMILES string of the molecule is Cc1c(F)cc(C2CCON2C=O)cc1C#N. The first kappa shape index (κ1) is 11.6. The van der Waals surface area contributed by atoms with E-state index >= 15 is 0 Å². The first-order valence-electron chi connectivity index (χ1n) is 5.24. The van der Waals surface area contributed by atoms with Crippen LogP contribution in [0.4, 0.5) is 4.39 Å². The average Bonchev–Trinajstić information content (AvgIpc) is 2.80. The lowest BCUT2D eigenvalue weighted by Crippen LogP contribution is -2.20. The normalized spacial score (nSPS) is 19.1. The lowest BCUT2D eigenvalue weighted by molar-refractivity contribution is -0.161. The molecular weight excluding hydrogens is 223 g/mol. The van der Waals surface area contributed by atoms with E-state index in [0.717, 1.165) is 5.06 Å². The average molecular weight is 234 g/mol. The summed E-state index contributed by atoms with van der Waals surface area (Å²) in [6.45, 7) is 1.97. The summed E-state index contributed by atoms with van der Waals surface area (Å²) >= 11 is 0. The van der Waals surface area contributed by atoms with Gasteiger partial charge in [0.05, 0.1) is 24.3 Å². The van der Waals surface area contributed by atoms with Crippen molar-refractivity contribution in [3.8, 4) is 6.07 Å². The predicted octanol–water partition coefficient (Wildman–Crippen LogP) is 1.84. The van der Waals surface area contributed by atoms with Crippen molar-refractivity contribution >= 4 is 6.41 Å². The molecule has 4 nitrogen and oxygen atoms in total. The van der Waals surface area contributed by atoms with Gasteiger partial charge in [0, 0.05) is 12.0 Å². The van der Waals surface area contributed by atoms with E-state index in [2.05, 4.69) is 0 Å². The number of rotatable bonds is 2. The highest BCUT2D eigenvalue weighted by molar-refractivity contribution is 5.49. The van der Waals surface area contributed by atoms with Gasteiger partial charge in [-0.25, -0.2) is 9.45 Å². The van der Waals surface area contributed by atoms with Crippen molar-refractivity contribution in [1.82, 2.24) is 5.06 Å². The molecule has 1 heterocycles. The summed E-state index contributed by atoms with van der Waals surface area (Å²) < 4.78 is 13.6. The minimum atomic E-state index is -0.434. The van der Waals surface area contributed by atoms with Gasteiger partial charge in [0.15, 0.2) is 0 Å². The third-order valence-electron chi connectivity index (χ3n) is 2.91. The zero-order valence-electron chi connectivity index (χ0n) is 9.31. The lowest BCUT2D eigenvalue weighted by Gasteiger charge is -2.18. The second-order valence-electron chi connectivity index (χ2n) is 3.89. The van der Waals surface area contributed by atoms with Crippen molar-refractivity contribution in [3.05, 3.63) is 34.6 Å². The molecule has 88 valence electrons.